The smallest absolute Gasteiger partial charge is 0.313 e. The second-order valence-electron chi connectivity index (χ2n) is 4.08. The molecule has 7 heteroatoms. The molecule has 0 spiro atoms. The van der Waals surface area contributed by atoms with Crippen molar-refractivity contribution in [2.24, 2.45) is 0 Å². The minimum atomic E-state index is -0.638. The minimum Gasteiger partial charge on any atom is -0.432 e. The molecule has 0 amide bonds. The van der Waals surface area contributed by atoms with Crippen molar-refractivity contribution >= 4 is 17.3 Å². The SMILES string of the molecule is C[C@@H](O)c1ccc(Oc2ccc(Cl)cc2[N+](=O)[O-])nc1. The van der Waals surface area contributed by atoms with Crippen LogP contribution in [0.2, 0.25) is 5.02 Å². The van der Waals surface area contributed by atoms with Gasteiger partial charge in [0.05, 0.1) is 11.0 Å². The van der Waals surface area contributed by atoms with Crippen molar-refractivity contribution in [3.8, 4) is 11.6 Å². The number of aliphatic hydroxyl groups is 1. The molecule has 1 atom stereocenters. The van der Waals surface area contributed by atoms with E-state index in [1.807, 2.05) is 0 Å². The van der Waals surface area contributed by atoms with E-state index < -0.39 is 11.0 Å². The fourth-order valence-corrected chi connectivity index (χ4v) is 1.70. The van der Waals surface area contributed by atoms with Gasteiger partial charge in [0, 0.05) is 23.4 Å². The van der Waals surface area contributed by atoms with Gasteiger partial charge < -0.3 is 9.84 Å². The molecular weight excluding hydrogens is 284 g/mol. The standard InChI is InChI=1S/C13H11ClN2O4/c1-8(17)9-2-5-13(15-7-9)20-12-4-3-10(14)6-11(12)16(18)19/h2-8,17H,1H3/t8-/m1/s1. The highest BCUT2D eigenvalue weighted by molar-refractivity contribution is 6.30. The summed E-state index contributed by atoms with van der Waals surface area (Å²) in [7, 11) is 0. The Bertz CT molecular complexity index is 629. The molecule has 0 aliphatic heterocycles. The van der Waals surface area contributed by atoms with E-state index in [4.69, 9.17) is 16.3 Å². The summed E-state index contributed by atoms with van der Waals surface area (Å²) < 4.78 is 5.37. The van der Waals surface area contributed by atoms with E-state index in [2.05, 4.69) is 4.98 Å². The number of benzene rings is 1. The molecule has 0 radical (unpaired) electrons. The number of nitro benzene ring substituents is 1. The largest absolute Gasteiger partial charge is 0.432 e. The first-order valence-corrected chi connectivity index (χ1v) is 6.11. The fourth-order valence-electron chi connectivity index (χ4n) is 1.53. The second kappa shape index (κ2) is 5.85. The monoisotopic (exact) mass is 294 g/mol. The minimum absolute atomic E-state index is 0.0525. The first-order valence-electron chi connectivity index (χ1n) is 5.73. The van der Waals surface area contributed by atoms with Crippen LogP contribution >= 0.6 is 11.6 Å². The van der Waals surface area contributed by atoms with E-state index in [1.54, 1.807) is 13.0 Å². The molecule has 0 unspecified atom stereocenters. The van der Waals surface area contributed by atoms with E-state index >= 15 is 0 Å². The number of aromatic nitrogens is 1. The van der Waals surface area contributed by atoms with Gasteiger partial charge in [-0.3, -0.25) is 10.1 Å². The molecule has 2 aromatic rings. The number of nitro groups is 1. The average Bonchev–Trinajstić information content (AvgIpc) is 2.41. The zero-order chi connectivity index (χ0) is 14.7. The number of ether oxygens (including phenoxy) is 1. The third-order valence-electron chi connectivity index (χ3n) is 2.57. The van der Waals surface area contributed by atoms with E-state index in [-0.39, 0.29) is 22.3 Å². The molecule has 0 fully saturated rings. The molecule has 2 rings (SSSR count). The Labute approximate surface area is 119 Å². The van der Waals surface area contributed by atoms with Gasteiger partial charge in [0.25, 0.3) is 0 Å². The van der Waals surface area contributed by atoms with Crippen LogP contribution in [0, 0.1) is 10.1 Å². The number of pyridine rings is 1. The quantitative estimate of drug-likeness (QED) is 0.689. The highest BCUT2D eigenvalue weighted by atomic mass is 35.5. The molecule has 0 bridgehead atoms. The van der Waals surface area contributed by atoms with Crippen LogP contribution in [0.5, 0.6) is 11.6 Å². The molecule has 1 aromatic carbocycles. The third kappa shape index (κ3) is 3.23. The van der Waals surface area contributed by atoms with E-state index in [9.17, 15) is 15.2 Å². The maximum absolute atomic E-state index is 10.9. The van der Waals surface area contributed by atoms with Crippen LogP contribution in [0.4, 0.5) is 5.69 Å². The molecule has 1 aromatic heterocycles. The molecule has 1 N–H and O–H groups in total. The summed E-state index contributed by atoms with van der Waals surface area (Å²) in [5.74, 6) is 0.247. The number of nitrogens with zero attached hydrogens (tertiary/aromatic N) is 2. The summed E-state index contributed by atoms with van der Waals surface area (Å²) in [6.45, 7) is 1.61. The average molecular weight is 295 g/mol. The van der Waals surface area contributed by atoms with Crippen LogP contribution < -0.4 is 4.74 Å². The maximum atomic E-state index is 10.9. The van der Waals surface area contributed by atoms with Gasteiger partial charge in [-0.05, 0) is 30.7 Å². The van der Waals surface area contributed by atoms with Gasteiger partial charge in [-0.25, -0.2) is 4.98 Å². The van der Waals surface area contributed by atoms with E-state index in [1.165, 1.54) is 30.5 Å². The Kier molecular flexibility index (Phi) is 4.16. The van der Waals surface area contributed by atoms with E-state index in [0.717, 1.165) is 0 Å². The molecule has 1 heterocycles. The van der Waals surface area contributed by atoms with Crippen LogP contribution in [0.25, 0.3) is 0 Å². The van der Waals surface area contributed by atoms with Crippen LogP contribution in [0.1, 0.15) is 18.6 Å². The van der Waals surface area contributed by atoms with Gasteiger partial charge in [0.1, 0.15) is 0 Å². The molecule has 6 nitrogen and oxygen atoms in total. The van der Waals surface area contributed by atoms with Crippen molar-refractivity contribution in [1.29, 1.82) is 0 Å². The van der Waals surface area contributed by atoms with Gasteiger partial charge in [0.2, 0.25) is 11.6 Å². The zero-order valence-corrected chi connectivity index (χ0v) is 11.2. The molecule has 0 saturated carbocycles. The Morgan fingerprint density at radius 2 is 2.15 bits per heavy atom. The Balaban J connectivity index is 2.28. The van der Waals surface area contributed by atoms with Crippen molar-refractivity contribution in [2.45, 2.75) is 13.0 Å². The Hall–Kier alpha value is -2.18. The lowest BCUT2D eigenvalue weighted by Crippen LogP contribution is -1.96. The highest BCUT2D eigenvalue weighted by Crippen LogP contribution is 2.32. The molecule has 0 aliphatic carbocycles. The summed E-state index contributed by atoms with van der Waals surface area (Å²) in [6, 6.07) is 7.27. The van der Waals surface area contributed by atoms with Crippen LogP contribution in [-0.2, 0) is 0 Å². The van der Waals surface area contributed by atoms with Crippen LogP contribution in [0.3, 0.4) is 0 Å². The second-order valence-corrected chi connectivity index (χ2v) is 4.51. The first-order chi connectivity index (χ1) is 9.47. The van der Waals surface area contributed by atoms with Gasteiger partial charge in [0.15, 0.2) is 0 Å². The summed E-state index contributed by atoms with van der Waals surface area (Å²) in [5.41, 5.74) is 0.391. The van der Waals surface area contributed by atoms with Crippen molar-refractivity contribution in [2.75, 3.05) is 0 Å². The van der Waals surface area contributed by atoms with Crippen molar-refractivity contribution < 1.29 is 14.8 Å². The van der Waals surface area contributed by atoms with Crippen LogP contribution in [0.15, 0.2) is 36.5 Å². The topological polar surface area (TPSA) is 85.5 Å². The summed E-state index contributed by atoms with van der Waals surface area (Å²) in [4.78, 5) is 14.3. The Morgan fingerprint density at radius 1 is 1.40 bits per heavy atom. The highest BCUT2D eigenvalue weighted by Gasteiger charge is 2.17. The third-order valence-corrected chi connectivity index (χ3v) is 2.81. The number of aliphatic hydroxyl groups excluding tert-OH is 1. The van der Waals surface area contributed by atoms with Crippen molar-refractivity contribution in [3.05, 3.63) is 57.2 Å². The number of hydrogen-bond acceptors (Lipinski definition) is 5. The maximum Gasteiger partial charge on any atom is 0.313 e. The predicted molar refractivity (Wildman–Crippen MR) is 73.1 cm³/mol. The normalized spacial score (nSPS) is 11.9. The van der Waals surface area contributed by atoms with Crippen LogP contribution in [-0.4, -0.2) is 15.0 Å². The van der Waals surface area contributed by atoms with Gasteiger partial charge in [-0.15, -0.1) is 0 Å². The summed E-state index contributed by atoms with van der Waals surface area (Å²) in [6.07, 6.45) is 0.809. The molecule has 104 valence electrons. The number of halogens is 1. The molecule has 0 saturated heterocycles. The van der Waals surface area contributed by atoms with Crippen molar-refractivity contribution in [1.82, 2.24) is 4.98 Å². The van der Waals surface area contributed by atoms with Gasteiger partial charge >= 0.3 is 5.69 Å². The van der Waals surface area contributed by atoms with Crippen molar-refractivity contribution in [3.63, 3.8) is 0 Å². The lowest BCUT2D eigenvalue weighted by Gasteiger charge is -2.07. The lowest BCUT2D eigenvalue weighted by molar-refractivity contribution is -0.385. The van der Waals surface area contributed by atoms with Gasteiger partial charge in [-0.1, -0.05) is 11.6 Å². The lowest BCUT2D eigenvalue weighted by atomic mass is 10.2. The summed E-state index contributed by atoms with van der Waals surface area (Å²) in [5, 5.41) is 20.5. The molecule has 20 heavy (non-hydrogen) atoms. The zero-order valence-electron chi connectivity index (χ0n) is 10.5. The Morgan fingerprint density at radius 3 is 2.70 bits per heavy atom. The molecule has 0 aliphatic rings. The summed E-state index contributed by atoms with van der Waals surface area (Å²) >= 11 is 5.72. The fraction of sp³-hybridized carbons (Fsp3) is 0.154. The predicted octanol–water partition coefficient (Wildman–Crippen LogP) is 3.49. The number of rotatable bonds is 4. The van der Waals surface area contributed by atoms with Gasteiger partial charge in [-0.2, -0.15) is 0 Å². The molecular formula is C13H11ClN2O4. The van der Waals surface area contributed by atoms with E-state index in [0.29, 0.717) is 5.56 Å². The first kappa shape index (κ1) is 14.2. The number of hydrogen-bond donors (Lipinski definition) is 1.